The molecule has 2 aliphatic heterocycles. The number of anilines is 1. The molecule has 0 N–H and O–H groups in total. The summed E-state index contributed by atoms with van der Waals surface area (Å²) in [5.41, 5.74) is 1.95. The average Bonchev–Trinajstić information content (AvgIpc) is 3.06. The van der Waals surface area contributed by atoms with Gasteiger partial charge in [0.2, 0.25) is 5.91 Å². The smallest absolute Gasteiger partial charge is 0.231 e. The quantitative estimate of drug-likeness (QED) is 0.712. The van der Waals surface area contributed by atoms with Crippen LogP contribution in [0.15, 0.2) is 18.2 Å². The molecule has 0 bridgehead atoms. The number of nitrogens with zero attached hydrogens (tertiary/aromatic N) is 1. The second-order valence-electron chi connectivity index (χ2n) is 4.15. The van der Waals surface area contributed by atoms with E-state index in [4.69, 9.17) is 9.47 Å². The number of carbonyl (C=O) groups is 1. The van der Waals surface area contributed by atoms with Gasteiger partial charge >= 0.3 is 0 Å². The summed E-state index contributed by atoms with van der Waals surface area (Å²) in [6, 6.07) is 5.77. The Hall–Kier alpha value is -1.55. The Morgan fingerprint density at radius 3 is 3.12 bits per heavy atom. The van der Waals surface area contributed by atoms with E-state index in [9.17, 15) is 4.79 Å². The molecule has 0 radical (unpaired) electrons. The first-order valence-corrected chi connectivity index (χ1v) is 5.38. The van der Waals surface area contributed by atoms with Gasteiger partial charge in [0.25, 0.3) is 0 Å². The molecule has 4 nitrogen and oxygen atoms in total. The van der Waals surface area contributed by atoms with Gasteiger partial charge in [0, 0.05) is 12.6 Å². The van der Waals surface area contributed by atoms with E-state index in [-0.39, 0.29) is 12.0 Å². The highest BCUT2D eigenvalue weighted by molar-refractivity contribution is 6.01. The highest BCUT2D eigenvalue weighted by Gasteiger charge is 2.28. The molecule has 1 amide bonds. The Morgan fingerprint density at radius 1 is 1.56 bits per heavy atom. The standard InChI is InChI=1S/C12H13NO3/c1-13-10-3-2-4-11(9(10)5-12(13)14)16-7-8-6-15-8/h2-4,8H,5-7H2,1H3. The highest BCUT2D eigenvalue weighted by atomic mass is 16.6. The fraction of sp³-hybridized carbons (Fsp3) is 0.417. The minimum atomic E-state index is 0.119. The normalized spacial score (nSPS) is 22.2. The number of ether oxygens (including phenoxy) is 2. The van der Waals surface area contributed by atoms with Crippen molar-refractivity contribution in [3.8, 4) is 5.75 Å². The number of amides is 1. The lowest BCUT2D eigenvalue weighted by Gasteiger charge is -2.11. The molecule has 1 aromatic rings. The maximum atomic E-state index is 11.6. The third-order valence-electron chi connectivity index (χ3n) is 3.00. The summed E-state index contributed by atoms with van der Waals surface area (Å²) in [5, 5.41) is 0. The van der Waals surface area contributed by atoms with E-state index < -0.39 is 0 Å². The molecule has 4 heteroatoms. The summed E-state index contributed by atoms with van der Waals surface area (Å²) in [6.45, 7) is 1.36. The van der Waals surface area contributed by atoms with Gasteiger partial charge in [-0.1, -0.05) is 6.07 Å². The highest BCUT2D eigenvalue weighted by Crippen LogP contribution is 2.35. The van der Waals surface area contributed by atoms with Crippen molar-refractivity contribution in [1.82, 2.24) is 0 Å². The second-order valence-corrected chi connectivity index (χ2v) is 4.15. The average molecular weight is 219 g/mol. The first-order valence-electron chi connectivity index (χ1n) is 5.38. The molecule has 3 rings (SSSR count). The molecular formula is C12H13NO3. The van der Waals surface area contributed by atoms with Crippen LogP contribution in [-0.4, -0.2) is 32.3 Å². The SMILES string of the molecule is CN1C(=O)Cc2c(OCC3CO3)cccc21. The molecule has 1 saturated heterocycles. The van der Waals surface area contributed by atoms with Crippen LogP contribution >= 0.6 is 0 Å². The fourth-order valence-electron chi connectivity index (χ4n) is 1.93. The predicted octanol–water partition coefficient (Wildman–Crippen LogP) is 0.983. The molecule has 0 spiro atoms. The lowest BCUT2D eigenvalue weighted by Crippen LogP contribution is -2.20. The molecule has 0 saturated carbocycles. The van der Waals surface area contributed by atoms with Gasteiger partial charge in [0.05, 0.1) is 18.7 Å². The molecule has 1 aromatic carbocycles. The van der Waals surface area contributed by atoms with Gasteiger partial charge in [0.15, 0.2) is 0 Å². The number of carbonyl (C=O) groups excluding carboxylic acids is 1. The lowest BCUT2D eigenvalue weighted by molar-refractivity contribution is -0.117. The number of likely N-dealkylation sites (N-methyl/N-ethyl adjacent to an activating group) is 1. The zero-order valence-corrected chi connectivity index (χ0v) is 9.10. The molecule has 84 valence electrons. The number of hydrogen-bond acceptors (Lipinski definition) is 3. The van der Waals surface area contributed by atoms with Crippen molar-refractivity contribution in [1.29, 1.82) is 0 Å². The minimum Gasteiger partial charge on any atom is -0.490 e. The zero-order chi connectivity index (χ0) is 11.1. The summed E-state index contributed by atoms with van der Waals surface area (Å²) in [4.78, 5) is 13.3. The van der Waals surface area contributed by atoms with Crippen LogP contribution in [0.5, 0.6) is 5.75 Å². The molecule has 2 aliphatic rings. The summed E-state index contributed by atoms with van der Waals surface area (Å²) < 4.78 is 10.8. The minimum absolute atomic E-state index is 0.119. The van der Waals surface area contributed by atoms with Gasteiger partial charge in [-0.2, -0.15) is 0 Å². The van der Waals surface area contributed by atoms with Crippen molar-refractivity contribution < 1.29 is 14.3 Å². The number of fused-ring (bicyclic) bond motifs is 1. The Balaban J connectivity index is 1.86. The maximum Gasteiger partial charge on any atom is 0.231 e. The summed E-state index contributed by atoms with van der Waals surface area (Å²) in [5.74, 6) is 0.930. The van der Waals surface area contributed by atoms with Gasteiger partial charge in [-0.15, -0.1) is 0 Å². The molecular weight excluding hydrogens is 206 g/mol. The van der Waals surface area contributed by atoms with Crippen LogP contribution in [-0.2, 0) is 16.0 Å². The van der Waals surface area contributed by atoms with Gasteiger partial charge in [-0.05, 0) is 12.1 Å². The van der Waals surface area contributed by atoms with Crippen LogP contribution < -0.4 is 9.64 Å². The molecule has 1 fully saturated rings. The van der Waals surface area contributed by atoms with Crippen LogP contribution in [0.2, 0.25) is 0 Å². The molecule has 1 atom stereocenters. The first-order chi connectivity index (χ1) is 7.75. The number of rotatable bonds is 3. The van der Waals surface area contributed by atoms with Gasteiger partial charge in [-0.3, -0.25) is 4.79 Å². The Bertz CT molecular complexity index is 440. The van der Waals surface area contributed by atoms with Crippen molar-refractivity contribution >= 4 is 11.6 Å². The van der Waals surface area contributed by atoms with E-state index in [1.165, 1.54) is 0 Å². The topological polar surface area (TPSA) is 42.1 Å². The van der Waals surface area contributed by atoms with Crippen LogP contribution in [0, 0.1) is 0 Å². The van der Waals surface area contributed by atoms with Crippen molar-refractivity contribution in [2.75, 3.05) is 25.2 Å². The van der Waals surface area contributed by atoms with Crippen LogP contribution in [0.4, 0.5) is 5.69 Å². The van der Waals surface area contributed by atoms with Gasteiger partial charge in [0.1, 0.15) is 18.5 Å². The first kappa shape index (κ1) is 9.66. The number of hydrogen-bond donors (Lipinski definition) is 0. The van der Waals surface area contributed by atoms with Crippen LogP contribution in [0.1, 0.15) is 5.56 Å². The molecule has 0 aliphatic carbocycles. The molecule has 1 unspecified atom stereocenters. The fourth-order valence-corrected chi connectivity index (χ4v) is 1.93. The van der Waals surface area contributed by atoms with Crippen molar-refractivity contribution in [3.63, 3.8) is 0 Å². The monoisotopic (exact) mass is 219 g/mol. The summed E-state index contributed by atoms with van der Waals surface area (Å²) in [6.07, 6.45) is 0.679. The van der Waals surface area contributed by atoms with Crippen LogP contribution in [0.3, 0.4) is 0 Å². The number of benzene rings is 1. The second kappa shape index (κ2) is 3.49. The molecule has 16 heavy (non-hydrogen) atoms. The molecule has 0 aromatic heterocycles. The van der Waals surface area contributed by atoms with Crippen molar-refractivity contribution in [3.05, 3.63) is 23.8 Å². The Labute approximate surface area is 93.8 Å². The van der Waals surface area contributed by atoms with Gasteiger partial charge in [-0.25, -0.2) is 0 Å². The van der Waals surface area contributed by atoms with Crippen molar-refractivity contribution in [2.24, 2.45) is 0 Å². The van der Waals surface area contributed by atoms with Crippen LogP contribution in [0.25, 0.3) is 0 Å². The summed E-state index contributed by atoms with van der Waals surface area (Å²) in [7, 11) is 1.79. The van der Waals surface area contributed by atoms with E-state index in [2.05, 4.69) is 0 Å². The van der Waals surface area contributed by atoms with E-state index in [1.807, 2.05) is 18.2 Å². The Morgan fingerprint density at radius 2 is 2.38 bits per heavy atom. The van der Waals surface area contributed by atoms with E-state index >= 15 is 0 Å². The maximum absolute atomic E-state index is 11.6. The Kier molecular flexibility index (Phi) is 2.11. The third kappa shape index (κ3) is 1.55. The third-order valence-corrected chi connectivity index (χ3v) is 3.00. The summed E-state index contributed by atoms with van der Waals surface area (Å²) >= 11 is 0. The van der Waals surface area contributed by atoms with E-state index in [0.29, 0.717) is 13.0 Å². The predicted molar refractivity (Wildman–Crippen MR) is 58.8 cm³/mol. The largest absolute Gasteiger partial charge is 0.490 e. The van der Waals surface area contributed by atoms with E-state index in [0.717, 1.165) is 23.6 Å². The lowest BCUT2D eigenvalue weighted by atomic mass is 10.1. The van der Waals surface area contributed by atoms with E-state index in [1.54, 1.807) is 11.9 Å². The number of epoxide rings is 1. The zero-order valence-electron chi connectivity index (χ0n) is 9.10. The van der Waals surface area contributed by atoms with Crippen molar-refractivity contribution in [2.45, 2.75) is 12.5 Å². The van der Waals surface area contributed by atoms with Gasteiger partial charge < -0.3 is 14.4 Å². The molecule has 2 heterocycles.